The summed E-state index contributed by atoms with van der Waals surface area (Å²) in [4.78, 5) is 62.9. The van der Waals surface area contributed by atoms with E-state index in [0.717, 1.165) is 68.7 Å². The number of rotatable bonds is 28. The van der Waals surface area contributed by atoms with Gasteiger partial charge in [0.05, 0.1) is 53.9 Å². The average Bonchev–Trinajstić information content (AvgIpc) is 4.16. The summed E-state index contributed by atoms with van der Waals surface area (Å²) in [7, 11) is 0. The van der Waals surface area contributed by atoms with E-state index in [1.54, 1.807) is 45.0 Å². The summed E-state index contributed by atoms with van der Waals surface area (Å²) >= 11 is 13.9. The number of hydrogen-bond acceptors (Lipinski definition) is 13. The highest BCUT2D eigenvalue weighted by Gasteiger charge is 2.53. The SMILES string of the molecule is [C-]#[N+]C(C)(CCC(=O)OCC1CC(/C=C\C2CC(C)CC2COC(=O)CCC(C)(CC(C)(SC(=S)c2ccccc2)C(=O)OC2(CC)CCCC2)[N+]#[C-])CC1C)CC(C)(SC(=S)c1ccccc1)C(=O)OCC(C)CC(C)(O)C(F)(F)F. The lowest BCUT2D eigenvalue weighted by Gasteiger charge is -2.36. The number of thioether (sulfide) groups is 2. The number of ether oxygens (including phenoxy) is 4. The Morgan fingerprint density at radius 2 is 1.22 bits per heavy atom. The normalized spacial score (nSPS) is 24.7. The molecule has 3 fully saturated rings. The van der Waals surface area contributed by atoms with Gasteiger partial charge in [-0.1, -0.05) is 148 Å². The van der Waals surface area contributed by atoms with Crippen molar-refractivity contribution in [2.45, 2.75) is 203 Å². The maximum atomic E-state index is 14.3. The Balaban J connectivity index is 1.12. The van der Waals surface area contributed by atoms with Crippen LogP contribution in [-0.2, 0) is 38.1 Å². The minimum Gasteiger partial charge on any atom is -0.465 e. The molecular formula is C64H85F3N2O9S4. The van der Waals surface area contributed by atoms with Gasteiger partial charge in [-0.2, -0.15) is 13.2 Å². The fraction of sp³-hybridized carbons (Fsp3) is 0.656. The second-order valence-electron chi connectivity index (χ2n) is 25.1. The highest BCUT2D eigenvalue weighted by Crippen LogP contribution is 2.46. The van der Waals surface area contributed by atoms with E-state index in [9.17, 15) is 37.5 Å². The highest BCUT2D eigenvalue weighted by atomic mass is 32.2. The van der Waals surface area contributed by atoms with E-state index in [4.69, 9.17) is 56.5 Å². The van der Waals surface area contributed by atoms with E-state index in [1.807, 2.05) is 50.2 Å². The van der Waals surface area contributed by atoms with Crippen molar-refractivity contribution in [3.63, 3.8) is 0 Å². The van der Waals surface area contributed by atoms with Gasteiger partial charge in [-0.25, -0.2) is 13.1 Å². The summed E-state index contributed by atoms with van der Waals surface area (Å²) in [5.41, 5.74) is -4.36. The first-order valence-electron chi connectivity index (χ1n) is 28.9. The number of thiocarbonyl (C=S) groups is 2. The summed E-state index contributed by atoms with van der Waals surface area (Å²) in [5.74, 6) is -1.41. The zero-order valence-corrected chi connectivity index (χ0v) is 52.5. The largest absolute Gasteiger partial charge is 0.465 e. The van der Waals surface area contributed by atoms with Crippen LogP contribution in [0.1, 0.15) is 176 Å². The number of carbonyl (C=O) groups excluding carboxylic acids is 4. The molecule has 0 saturated heterocycles. The molecule has 5 rings (SSSR count). The quantitative estimate of drug-likeness (QED) is 0.0285. The molecule has 18 heteroatoms. The summed E-state index contributed by atoms with van der Waals surface area (Å²) in [6.07, 6.45) is 7.15. The summed E-state index contributed by atoms with van der Waals surface area (Å²) < 4.78 is 62.3. The Labute approximate surface area is 504 Å². The lowest BCUT2D eigenvalue weighted by Crippen LogP contribution is -2.45. The Morgan fingerprint density at radius 3 is 1.70 bits per heavy atom. The number of allylic oxidation sites excluding steroid dienone is 2. The molecule has 0 aliphatic heterocycles. The maximum Gasteiger partial charge on any atom is 0.416 e. The van der Waals surface area contributed by atoms with Crippen LogP contribution in [-0.4, -0.2) is 95.1 Å². The van der Waals surface area contributed by atoms with Crippen LogP contribution in [0.15, 0.2) is 72.8 Å². The third-order valence-electron chi connectivity index (χ3n) is 17.2. The third-order valence-corrected chi connectivity index (χ3v) is 20.5. The van der Waals surface area contributed by atoms with Gasteiger partial charge in [0.1, 0.15) is 15.1 Å². The number of nitrogens with zero attached hydrogens (tertiary/aromatic N) is 2. The maximum absolute atomic E-state index is 14.3. The molecule has 3 saturated carbocycles. The first kappa shape index (κ1) is 68.5. The molecule has 1 N–H and O–H groups in total. The molecule has 2 aromatic rings. The zero-order chi connectivity index (χ0) is 60.7. The number of esters is 4. The second kappa shape index (κ2) is 29.7. The van der Waals surface area contributed by atoms with Gasteiger partial charge >= 0.3 is 30.1 Å². The van der Waals surface area contributed by atoms with Crippen LogP contribution in [0, 0.1) is 54.6 Å². The van der Waals surface area contributed by atoms with E-state index in [0.29, 0.717) is 33.2 Å². The molecule has 450 valence electrons. The lowest BCUT2D eigenvalue weighted by atomic mass is 9.85. The molecule has 82 heavy (non-hydrogen) atoms. The standard InChI is InChI=1S/C64H85F3N2O9S4/c1-12-63(29-19-20-30-63)78-57(73)61(8,82-55(80)48-23-17-14-18-24-48)42-59(6,69-11)32-28-53(71)76-40-51-34-43(2)33-49(51)26-25-46-35-45(4)50(36-46)39-75-52(70)27-31-58(5,68-10)41-60(7,81-54(79)47-21-15-13-16-22-47)56(72)77-38-44(3)37-62(9,74)64(65,66)67/h13-18,21-26,43-46,49-51,74H,12,19-20,27-42H2,1-9H3/b26-25-. The van der Waals surface area contributed by atoms with Crippen molar-refractivity contribution in [3.8, 4) is 0 Å². The summed E-state index contributed by atoms with van der Waals surface area (Å²) in [6.45, 7) is 31.9. The minimum absolute atomic E-state index is 0.0252. The molecule has 0 radical (unpaired) electrons. The highest BCUT2D eigenvalue weighted by molar-refractivity contribution is 8.25. The molecule has 11 nitrogen and oxygen atoms in total. The molecular weight excluding hydrogens is 1130 g/mol. The summed E-state index contributed by atoms with van der Waals surface area (Å²) in [6, 6.07) is 18.5. The van der Waals surface area contributed by atoms with Gasteiger partial charge < -0.3 is 33.7 Å². The van der Waals surface area contributed by atoms with Gasteiger partial charge in [0.25, 0.3) is 0 Å². The number of halogens is 3. The zero-order valence-electron chi connectivity index (χ0n) is 49.3. The topological polar surface area (TPSA) is 134 Å². The van der Waals surface area contributed by atoms with Crippen LogP contribution in [0.4, 0.5) is 13.2 Å². The van der Waals surface area contributed by atoms with E-state index < -0.39 is 68.8 Å². The van der Waals surface area contributed by atoms with Gasteiger partial charge in [-0.3, -0.25) is 19.2 Å². The molecule has 0 amide bonds. The van der Waals surface area contributed by atoms with Gasteiger partial charge in [0.15, 0.2) is 5.60 Å². The minimum atomic E-state index is -4.87. The molecule has 12 unspecified atom stereocenters. The van der Waals surface area contributed by atoms with Crippen LogP contribution in [0.25, 0.3) is 9.69 Å². The molecule has 0 bridgehead atoms. The van der Waals surface area contributed by atoms with E-state index in [1.165, 1.54) is 18.7 Å². The van der Waals surface area contributed by atoms with Gasteiger partial charge in [0.2, 0.25) is 11.1 Å². The number of benzene rings is 2. The summed E-state index contributed by atoms with van der Waals surface area (Å²) in [5, 5.41) is 10.0. The van der Waals surface area contributed by atoms with Crippen LogP contribution in [0.5, 0.6) is 0 Å². The number of hydrogen-bond donors (Lipinski definition) is 1. The Kier molecular flexibility index (Phi) is 24.8. The van der Waals surface area contributed by atoms with Crippen LogP contribution in [0.2, 0.25) is 0 Å². The van der Waals surface area contributed by atoms with Crippen molar-refractivity contribution in [2.75, 3.05) is 19.8 Å². The van der Waals surface area contributed by atoms with Crippen molar-refractivity contribution in [1.29, 1.82) is 0 Å². The second-order valence-corrected chi connectivity index (χ2v) is 29.4. The monoisotopic (exact) mass is 1210 g/mol. The first-order valence-corrected chi connectivity index (χ1v) is 31.4. The Hall–Kier alpha value is -4.33. The molecule has 3 aliphatic rings. The smallest absolute Gasteiger partial charge is 0.416 e. The van der Waals surface area contributed by atoms with Gasteiger partial charge in [0, 0.05) is 26.7 Å². The van der Waals surface area contributed by atoms with Gasteiger partial charge in [-0.15, -0.1) is 0 Å². The fourth-order valence-electron chi connectivity index (χ4n) is 12.1. The first-order chi connectivity index (χ1) is 38.4. The predicted molar refractivity (Wildman–Crippen MR) is 327 cm³/mol. The van der Waals surface area contributed by atoms with Crippen LogP contribution in [0.3, 0.4) is 0 Å². The van der Waals surface area contributed by atoms with Crippen molar-refractivity contribution in [2.24, 2.45) is 41.4 Å². The van der Waals surface area contributed by atoms with Crippen LogP contribution >= 0.6 is 48.0 Å². The lowest BCUT2D eigenvalue weighted by molar-refractivity contribution is -0.258. The molecule has 0 aromatic heterocycles. The van der Waals surface area contributed by atoms with Crippen molar-refractivity contribution < 1.29 is 56.4 Å². The molecule has 3 aliphatic carbocycles. The molecule has 0 spiro atoms. The van der Waals surface area contributed by atoms with Gasteiger partial charge in [-0.05, 0) is 138 Å². The molecule has 2 aromatic carbocycles. The Bertz CT molecular complexity index is 2640. The number of carbonyl (C=O) groups is 4. The van der Waals surface area contributed by atoms with E-state index in [2.05, 4.69) is 35.7 Å². The Morgan fingerprint density at radius 1 is 0.732 bits per heavy atom. The predicted octanol–water partition coefficient (Wildman–Crippen LogP) is 15.5. The fourth-order valence-corrected chi connectivity index (χ4v) is 15.8. The van der Waals surface area contributed by atoms with Crippen molar-refractivity contribution in [1.82, 2.24) is 0 Å². The van der Waals surface area contributed by atoms with E-state index >= 15 is 0 Å². The molecule has 12 atom stereocenters. The van der Waals surface area contributed by atoms with Crippen LogP contribution < -0.4 is 0 Å². The van der Waals surface area contributed by atoms with Crippen molar-refractivity contribution in [3.05, 3.63) is 107 Å². The van der Waals surface area contributed by atoms with E-state index in [-0.39, 0.29) is 93.3 Å². The number of alkyl halides is 3. The van der Waals surface area contributed by atoms with Crippen molar-refractivity contribution >= 4 is 80.2 Å². The third kappa shape index (κ3) is 19.6. The molecule has 0 heterocycles. The average molecular weight is 1210 g/mol. The number of aliphatic hydroxyl groups is 1.